The molecule has 1 heterocycles. The Hall–Kier alpha value is -1.31. The minimum Gasteiger partial charge on any atom is -0.327 e. The van der Waals surface area contributed by atoms with Crippen LogP contribution in [0.25, 0.3) is 0 Å². The molecule has 22 heavy (non-hydrogen) atoms. The van der Waals surface area contributed by atoms with Crippen LogP contribution in [0.1, 0.15) is 24.8 Å². The molecule has 0 aromatic heterocycles. The smallest absolute Gasteiger partial charge is 0.238 e. The molecule has 0 aliphatic carbocycles. The quantitative estimate of drug-likeness (QED) is 0.825. The van der Waals surface area contributed by atoms with E-state index in [4.69, 9.17) is 5.73 Å². The first kappa shape index (κ1) is 18.7. The van der Waals surface area contributed by atoms with Crippen molar-refractivity contribution in [2.24, 2.45) is 5.73 Å². The highest BCUT2D eigenvalue weighted by Gasteiger charge is 2.20. The second-order valence-electron chi connectivity index (χ2n) is 5.19. The molecule has 0 saturated carbocycles. The highest BCUT2D eigenvalue weighted by molar-refractivity contribution is 5.85. The van der Waals surface area contributed by atoms with Crippen molar-refractivity contribution < 1.29 is 18.0 Å². The second-order valence-corrected chi connectivity index (χ2v) is 5.19. The lowest BCUT2D eigenvalue weighted by molar-refractivity contribution is -0.135. The van der Waals surface area contributed by atoms with Gasteiger partial charge in [0.15, 0.2) is 11.6 Å². The number of hydrogen-bond donors (Lipinski definition) is 2. The molecule has 0 radical (unpaired) electrons. The van der Waals surface area contributed by atoms with Crippen LogP contribution >= 0.6 is 12.4 Å². The molecule has 0 spiro atoms. The number of amides is 1. The van der Waals surface area contributed by atoms with Gasteiger partial charge in [-0.1, -0.05) is 0 Å². The lowest BCUT2D eigenvalue weighted by atomic mass is 10.0. The first-order valence-corrected chi connectivity index (χ1v) is 6.90. The van der Waals surface area contributed by atoms with E-state index in [0.717, 1.165) is 25.5 Å². The van der Waals surface area contributed by atoms with Gasteiger partial charge in [-0.25, -0.2) is 18.6 Å². The molecule has 1 aromatic rings. The molecule has 1 saturated heterocycles. The lowest BCUT2D eigenvalue weighted by Crippen LogP contribution is -2.48. The number of nitrogens with zero attached hydrogens (tertiary/aromatic N) is 1. The molecular weight excluding hydrogens is 319 g/mol. The maximum atomic E-state index is 13.5. The number of rotatable bonds is 4. The van der Waals surface area contributed by atoms with Crippen molar-refractivity contribution >= 4 is 18.3 Å². The molecule has 1 atom stereocenters. The summed E-state index contributed by atoms with van der Waals surface area (Å²) < 4.78 is 39.4. The maximum Gasteiger partial charge on any atom is 0.238 e. The molecule has 2 rings (SSSR count). The van der Waals surface area contributed by atoms with Crippen molar-refractivity contribution in [1.82, 2.24) is 10.4 Å². The summed E-state index contributed by atoms with van der Waals surface area (Å²) in [7, 11) is 0. The molecule has 1 aliphatic heterocycles. The van der Waals surface area contributed by atoms with Crippen LogP contribution in [0.15, 0.2) is 12.1 Å². The Labute approximate surface area is 133 Å². The van der Waals surface area contributed by atoms with Gasteiger partial charge < -0.3 is 5.73 Å². The van der Waals surface area contributed by atoms with E-state index in [-0.39, 0.29) is 36.7 Å². The van der Waals surface area contributed by atoms with Crippen molar-refractivity contribution in [2.75, 3.05) is 13.1 Å². The summed E-state index contributed by atoms with van der Waals surface area (Å²) in [4.78, 5) is 12.0. The van der Waals surface area contributed by atoms with E-state index in [1.165, 1.54) is 5.01 Å². The predicted molar refractivity (Wildman–Crippen MR) is 78.8 cm³/mol. The molecule has 1 aromatic carbocycles. The van der Waals surface area contributed by atoms with Crippen LogP contribution in [0.3, 0.4) is 0 Å². The SMILES string of the molecule is Cl.N[C@@H](CC(=O)N1CCCCN1)Cc1cc(F)c(F)cc1F. The third-order valence-electron chi connectivity index (χ3n) is 3.42. The van der Waals surface area contributed by atoms with Crippen LogP contribution in [-0.4, -0.2) is 30.0 Å². The average Bonchev–Trinajstić information content (AvgIpc) is 2.45. The Bertz CT molecular complexity index is 524. The van der Waals surface area contributed by atoms with Crippen LogP contribution in [-0.2, 0) is 11.2 Å². The number of nitrogens with two attached hydrogens (primary N) is 1. The Balaban J connectivity index is 0.00000242. The summed E-state index contributed by atoms with van der Waals surface area (Å²) in [6.45, 7) is 1.35. The number of carbonyl (C=O) groups is 1. The topological polar surface area (TPSA) is 58.4 Å². The molecule has 3 N–H and O–H groups in total. The van der Waals surface area contributed by atoms with E-state index < -0.39 is 23.5 Å². The zero-order valence-electron chi connectivity index (χ0n) is 11.9. The van der Waals surface area contributed by atoms with E-state index >= 15 is 0 Å². The fourth-order valence-corrected chi connectivity index (χ4v) is 2.31. The van der Waals surface area contributed by atoms with Crippen LogP contribution in [0.5, 0.6) is 0 Å². The normalized spacial score (nSPS) is 16.1. The van der Waals surface area contributed by atoms with Crippen molar-refractivity contribution in [3.05, 3.63) is 35.1 Å². The van der Waals surface area contributed by atoms with Gasteiger partial charge in [-0.15, -0.1) is 12.4 Å². The number of carbonyl (C=O) groups excluding carboxylic acids is 1. The third kappa shape index (κ3) is 4.86. The van der Waals surface area contributed by atoms with E-state index in [9.17, 15) is 18.0 Å². The molecule has 124 valence electrons. The zero-order valence-corrected chi connectivity index (χ0v) is 12.8. The number of nitrogens with one attached hydrogen (secondary N) is 1. The molecule has 0 unspecified atom stereocenters. The van der Waals surface area contributed by atoms with Gasteiger partial charge in [0.2, 0.25) is 5.91 Å². The van der Waals surface area contributed by atoms with E-state index in [2.05, 4.69) is 5.43 Å². The van der Waals surface area contributed by atoms with Gasteiger partial charge in [0.1, 0.15) is 5.82 Å². The first-order chi connectivity index (χ1) is 9.97. The summed E-state index contributed by atoms with van der Waals surface area (Å²) in [6.07, 6.45) is 1.93. The molecule has 1 fully saturated rings. The second kappa shape index (κ2) is 8.36. The van der Waals surface area contributed by atoms with Gasteiger partial charge in [-0.3, -0.25) is 9.80 Å². The fourth-order valence-electron chi connectivity index (χ4n) is 2.31. The van der Waals surface area contributed by atoms with Gasteiger partial charge in [0.25, 0.3) is 0 Å². The van der Waals surface area contributed by atoms with Crippen molar-refractivity contribution in [3.63, 3.8) is 0 Å². The Kier molecular flexibility index (Phi) is 7.12. The van der Waals surface area contributed by atoms with E-state index in [1.54, 1.807) is 0 Å². The van der Waals surface area contributed by atoms with Gasteiger partial charge in [-0.05, 0) is 30.9 Å². The van der Waals surface area contributed by atoms with Gasteiger partial charge in [0, 0.05) is 31.6 Å². The summed E-state index contributed by atoms with van der Waals surface area (Å²) in [5, 5.41) is 1.50. The summed E-state index contributed by atoms with van der Waals surface area (Å²) in [6, 6.07) is 0.625. The zero-order chi connectivity index (χ0) is 15.4. The highest BCUT2D eigenvalue weighted by atomic mass is 35.5. The monoisotopic (exact) mass is 337 g/mol. The van der Waals surface area contributed by atoms with E-state index in [0.29, 0.717) is 12.6 Å². The molecule has 0 bridgehead atoms. The van der Waals surface area contributed by atoms with Gasteiger partial charge in [0.05, 0.1) is 0 Å². The Morgan fingerprint density at radius 3 is 2.55 bits per heavy atom. The third-order valence-corrected chi connectivity index (χ3v) is 3.42. The Morgan fingerprint density at radius 2 is 1.91 bits per heavy atom. The van der Waals surface area contributed by atoms with Crippen LogP contribution in [0.2, 0.25) is 0 Å². The fraction of sp³-hybridized carbons (Fsp3) is 0.500. The van der Waals surface area contributed by atoms with Crippen molar-refractivity contribution in [2.45, 2.75) is 31.7 Å². The van der Waals surface area contributed by atoms with E-state index in [1.807, 2.05) is 0 Å². The van der Waals surface area contributed by atoms with Gasteiger partial charge in [-0.2, -0.15) is 0 Å². The largest absolute Gasteiger partial charge is 0.327 e. The van der Waals surface area contributed by atoms with Crippen LogP contribution in [0, 0.1) is 17.5 Å². The van der Waals surface area contributed by atoms with Crippen molar-refractivity contribution in [1.29, 1.82) is 0 Å². The Morgan fingerprint density at radius 1 is 1.23 bits per heavy atom. The molecular formula is C14H19ClF3N3O. The summed E-state index contributed by atoms with van der Waals surface area (Å²) in [5.41, 5.74) is 8.75. The summed E-state index contributed by atoms with van der Waals surface area (Å²) >= 11 is 0. The number of hydrogen-bond acceptors (Lipinski definition) is 3. The predicted octanol–water partition coefficient (Wildman–Crippen LogP) is 1.91. The standard InChI is InChI=1S/C14H18F3N3O.ClH/c15-11-8-13(17)12(16)6-9(11)5-10(18)7-14(21)20-4-2-1-3-19-20;/h6,8,10,19H,1-5,7,18H2;1H/t10-;/m1./s1. The highest BCUT2D eigenvalue weighted by Crippen LogP contribution is 2.16. The molecule has 1 amide bonds. The molecule has 4 nitrogen and oxygen atoms in total. The minimum absolute atomic E-state index is 0. The number of halogens is 4. The lowest BCUT2D eigenvalue weighted by Gasteiger charge is -2.28. The summed E-state index contributed by atoms with van der Waals surface area (Å²) in [5.74, 6) is -3.39. The average molecular weight is 338 g/mol. The molecule has 8 heteroatoms. The number of hydrazine groups is 1. The van der Waals surface area contributed by atoms with Gasteiger partial charge >= 0.3 is 0 Å². The van der Waals surface area contributed by atoms with Crippen LogP contribution < -0.4 is 11.2 Å². The maximum absolute atomic E-state index is 13.5. The van der Waals surface area contributed by atoms with Crippen LogP contribution in [0.4, 0.5) is 13.2 Å². The first-order valence-electron chi connectivity index (χ1n) is 6.90. The van der Waals surface area contributed by atoms with Crippen molar-refractivity contribution in [3.8, 4) is 0 Å². The minimum atomic E-state index is -1.24. The number of benzene rings is 1. The molecule has 1 aliphatic rings.